The van der Waals surface area contributed by atoms with Crippen LogP contribution in [-0.2, 0) is 14.8 Å². The number of sulfonamides is 1. The van der Waals surface area contributed by atoms with E-state index >= 15 is 0 Å². The van der Waals surface area contributed by atoms with Crippen molar-refractivity contribution in [1.82, 2.24) is 9.62 Å². The monoisotopic (exact) mass is 303 g/mol. The number of hydrogen-bond acceptors (Lipinski definition) is 4. The van der Waals surface area contributed by atoms with E-state index in [0.717, 1.165) is 16.4 Å². The summed E-state index contributed by atoms with van der Waals surface area (Å²) in [5.74, 6) is -1.36. The van der Waals surface area contributed by atoms with Crippen LogP contribution in [0.3, 0.4) is 0 Å². The van der Waals surface area contributed by atoms with Gasteiger partial charge in [-0.1, -0.05) is 6.92 Å². The zero-order valence-corrected chi connectivity index (χ0v) is 12.4. The van der Waals surface area contributed by atoms with Crippen LogP contribution >= 0.6 is 0 Å². The number of benzene rings is 1. The van der Waals surface area contributed by atoms with Gasteiger partial charge in [-0.05, 0) is 24.6 Å². The maximum atomic E-state index is 13.9. The van der Waals surface area contributed by atoms with E-state index in [1.807, 2.05) is 0 Å². The number of anilines is 1. The van der Waals surface area contributed by atoms with E-state index < -0.39 is 26.6 Å². The van der Waals surface area contributed by atoms with E-state index in [1.165, 1.54) is 7.05 Å². The molecule has 0 bridgehead atoms. The molecule has 0 unspecified atom stereocenters. The second kappa shape index (κ2) is 6.19. The SMILES string of the molecule is CCN(CC(=O)NC)S(=O)(=O)c1cc(N)c(C)cc1F. The van der Waals surface area contributed by atoms with Gasteiger partial charge in [-0.2, -0.15) is 4.31 Å². The molecule has 0 spiro atoms. The van der Waals surface area contributed by atoms with Gasteiger partial charge >= 0.3 is 0 Å². The third-order valence-corrected chi connectivity index (χ3v) is 4.83. The molecule has 0 aliphatic heterocycles. The second-order valence-electron chi connectivity index (χ2n) is 4.24. The molecule has 0 atom stereocenters. The molecular formula is C12H18FN3O3S. The highest BCUT2D eigenvalue weighted by Crippen LogP contribution is 2.24. The van der Waals surface area contributed by atoms with Crippen molar-refractivity contribution >= 4 is 21.6 Å². The molecule has 0 fully saturated rings. The average molecular weight is 303 g/mol. The van der Waals surface area contributed by atoms with Gasteiger partial charge in [0, 0.05) is 19.3 Å². The lowest BCUT2D eigenvalue weighted by molar-refractivity contribution is -0.120. The molecule has 1 rings (SSSR count). The van der Waals surface area contributed by atoms with Gasteiger partial charge in [-0.3, -0.25) is 4.79 Å². The fourth-order valence-electron chi connectivity index (χ4n) is 1.61. The first kappa shape index (κ1) is 16.4. The van der Waals surface area contributed by atoms with Crippen molar-refractivity contribution in [2.75, 3.05) is 25.9 Å². The first-order chi connectivity index (χ1) is 9.23. The number of carbonyl (C=O) groups excluding carboxylic acids is 1. The van der Waals surface area contributed by atoms with Crippen LogP contribution in [-0.4, -0.2) is 38.8 Å². The maximum Gasteiger partial charge on any atom is 0.246 e. The van der Waals surface area contributed by atoms with Gasteiger partial charge in [0.25, 0.3) is 0 Å². The summed E-state index contributed by atoms with van der Waals surface area (Å²) in [6, 6.07) is 2.14. The normalized spacial score (nSPS) is 11.7. The first-order valence-corrected chi connectivity index (χ1v) is 7.44. The van der Waals surface area contributed by atoms with E-state index in [1.54, 1.807) is 13.8 Å². The molecule has 3 N–H and O–H groups in total. The van der Waals surface area contributed by atoms with Crippen LogP contribution in [0, 0.1) is 12.7 Å². The number of aryl methyl sites for hydroxylation is 1. The largest absolute Gasteiger partial charge is 0.398 e. The topological polar surface area (TPSA) is 92.5 Å². The molecule has 1 amide bonds. The minimum Gasteiger partial charge on any atom is -0.398 e. The first-order valence-electron chi connectivity index (χ1n) is 6.00. The summed E-state index contributed by atoms with van der Waals surface area (Å²) in [7, 11) is -2.71. The van der Waals surface area contributed by atoms with Gasteiger partial charge in [-0.15, -0.1) is 0 Å². The summed E-state index contributed by atoms with van der Waals surface area (Å²) in [5.41, 5.74) is 6.26. The summed E-state index contributed by atoms with van der Waals surface area (Å²) in [6.07, 6.45) is 0. The summed E-state index contributed by atoms with van der Waals surface area (Å²) in [4.78, 5) is 10.8. The number of rotatable bonds is 5. The Bertz CT molecular complexity index is 617. The molecule has 0 heterocycles. The maximum absolute atomic E-state index is 13.9. The lowest BCUT2D eigenvalue weighted by atomic mass is 10.2. The summed E-state index contributed by atoms with van der Waals surface area (Å²) in [6.45, 7) is 2.82. The van der Waals surface area contributed by atoms with E-state index in [4.69, 9.17) is 5.73 Å². The molecule has 0 saturated carbocycles. The molecule has 6 nitrogen and oxygen atoms in total. The lowest BCUT2D eigenvalue weighted by Gasteiger charge is -2.20. The van der Waals surface area contributed by atoms with Gasteiger partial charge in [0.2, 0.25) is 15.9 Å². The highest BCUT2D eigenvalue weighted by atomic mass is 32.2. The summed E-state index contributed by atoms with van der Waals surface area (Å²) >= 11 is 0. The minimum absolute atomic E-state index is 0.0446. The number of hydrogen-bond donors (Lipinski definition) is 2. The van der Waals surface area contributed by atoms with Gasteiger partial charge < -0.3 is 11.1 Å². The number of nitrogen functional groups attached to an aromatic ring is 1. The third-order valence-electron chi connectivity index (χ3n) is 2.89. The zero-order chi connectivity index (χ0) is 15.5. The van der Waals surface area contributed by atoms with Crippen molar-refractivity contribution in [1.29, 1.82) is 0 Å². The molecule has 20 heavy (non-hydrogen) atoms. The lowest BCUT2D eigenvalue weighted by Crippen LogP contribution is -2.39. The Morgan fingerprint density at radius 3 is 2.55 bits per heavy atom. The highest BCUT2D eigenvalue weighted by molar-refractivity contribution is 7.89. The molecule has 0 radical (unpaired) electrons. The van der Waals surface area contributed by atoms with Gasteiger partial charge in [-0.25, -0.2) is 12.8 Å². The highest BCUT2D eigenvalue weighted by Gasteiger charge is 2.28. The Kier molecular flexibility index (Phi) is 5.07. The molecule has 112 valence electrons. The van der Waals surface area contributed by atoms with Crippen LogP contribution in [0.2, 0.25) is 0 Å². The van der Waals surface area contributed by atoms with Crippen LogP contribution in [0.4, 0.5) is 10.1 Å². The van der Waals surface area contributed by atoms with Gasteiger partial charge in [0.15, 0.2) is 0 Å². The van der Waals surface area contributed by atoms with Crippen molar-refractivity contribution in [3.05, 3.63) is 23.5 Å². The number of nitrogens with zero attached hydrogens (tertiary/aromatic N) is 1. The number of amides is 1. The Labute approximate surface area is 117 Å². The van der Waals surface area contributed by atoms with Crippen molar-refractivity contribution in [2.45, 2.75) is 18.7 Å². The van der Waals surface area contributed by atoms with Crippen LogP contribution in [0.1, 0.15) is 12.5 Å². The van der Waals surface area contributed by atoms with Gasteiger partial charge in [0.05, 0.1) is 6.54 Å². The van der Waals surface area contributed by atoms with Crippen molar-refractivity contribution in [2.24, 2.45) is 0 Å². The van der Waals surface area contributed by atoms with Crippen molar-refractivity contribution in [3.63, 3.8) is 0 Å². The van der Waals surface area contributed by atoms with Crippen LogP contribution in [0.25, 0.3) is 0 Å². The third kappa shape index (κ3) is 3.26. The fraction of sp³-hybridized carbons (Fsp3) is 0.417. The number of nitrogens with one attached hydrogen (secondary N) is 1. The van der Waals surface area contributed by atoms with Gasteiger partial charge in [0.1, 0.15) is 10.7 Å². The quantitative estimate of drug-likeness (QED) is 0.774. The Balaban J connectivity index is 3.27. The standard InChI is InChI=1S/C12H18FN3O3S/c1-4-16(7-12(17)15-3)20(18,19)11-6-10(14)8(2)5-9(11)13/h5-6H,4,7,14H2,1-3H3,(H,15,17). The molecule has 0 aromatic heterocycles. The molecular weight excluding hydrogens is 285 g/mol. The molecule has 0 aliphatic carbocycles. The van der Waals surface area contributed by atoms with E-state index in [0.29, 0.717) is 5.56 Å². The Hall–Kier alpha value is -1.67. The van der Waals surface area contributed by atoms with Crippen LogP contribution in [0.15, 0.2) is 17.0 Å². The molecule has 0 saturated heterocycles. The number of halogens is 1. The fourth-order valence-corrected chi connectivity index (χ4v) is 3.10. The van der Waals surface area contributed by atoms with E-state index in [2.05, 4.69) is 5.32 Å². The minimum atomic E-state index is -4.11. The molecule has 0 aliphatic rings. The Morgan fingerprint density at radius 2 is 2.05 bits per heavy atom. The second-order valence-corrected chi connectivity index (χ2v) is 6.15. The van der Waals surface area contributed by atoms with E-state index in [-0.39, 0.29) is 18.8 Å². The summed E-state index contributed by atoms with van der Waals surface area (Å²) in [5, 5.41) is 2.32. The predicted molar refractivity (Wildman–Crippen MR) is 74.0 cm³/mol. The average Bonchev–Trinajstić information content (AvgIpc) is 2.39. The van der Waals surface area contributed by atoms with Crippen molar-refractivity contribution in [3.8, 4) is 0 Å². The predicted octanol–water partition coefficient (Wildman–Crippen LogP) is 0.473. The Morgan fingerprint density at radius 1 is 1.45 bits per heavy atom. The zero-order valence-electron chi connectivity index (χ0n) is 11.6. The molecule has 1 aromatic rings. The number of nitrogens with two attached hydrogens (primary N) is 1. The number of likely N-dealkylation sites (N-methyl/N-ethyl adjacent to an activating group) is 2. The molecule has 1 aromatic carbocycles. The smallest absolute Gasteiger partial charge is 0.246 e. The van der Waals surface area contributed by atoms with E-state index in [9.17, 15) is 17.6 Å². The van der Waals surface area contributed by atoms with Crippen LogP contribution in [0.5, 0.6) is 0 Å². The summed E-state index contributed by atoms with van der Waals surface area (Å²) < 4.78 is 39.5. The number of carbonyl (C=O) groups is 1. The molecule has 8 heteroatoms. The van der Waals surface area contributed by atoms with Crippen LogP contribution < -0.4 is 11.1 Å². The van der Waals surface area contributed by atoms with Crippen molar-refractivity contribution < 1.29 is 17.6 Å².